The van der Waals surface area contributed by atoms with Crippen molar-refractivity contribution in [3.8, 4) is 5.75 Å². The van der Waals surface area contributed by atoms with Crippen molar-refractivity contribution in [1.82, 2.24) is 4.98 Å². The highest BCUT2D eigenvalue weighted by molar-refractivity contribution is 5.72. The maximum Gasteiger partial charge on any atom is 0.311 e. The second-order valence-electron chi connectivity index (χ2n) is 4.96. The predicted octanol–water partition coefficient (Wildman–Crippen LogP) is 1.70. The summed E-state index contributed by atoms with van der Waals surface area (Å²) in [7, 11) is 1.36. The Morgan fingerprint density at radius 1 is 1.47 bits per heavy atom. The Labute approximate surface area is 112 Å². The highest BCUT2D eigenvalue weighted by Crippen LogP contribution is 2.34. The van der Waals surface area contributed by atoms with Gasteiger partial charge in [0.2, 0.25) is 0 Å². The number of hydrogen-bond acceptors (Lipinski definition) is 5. The van der Waals surface area contributed by atoms with Crippen LogP contribution in [0.5, 0.6) is 5.75 Å². The summed E-state index contributed by atoms with van der Waals surface area (Å²) >= 11 is 0. The molecule has 5 heteroatoms. The molecule has 0 fully saturated rings. The lowest BCUT2D eigenvalue weighted by molar-refractivity contribution is -0.139. The molecule has 0 bridgehead atoms. The minimum Gasteiger partial charge on any atom is -0.506 e. The minimum absolute atomic E-state index is 0.101. The van der Waals surface area contributed by atoms with Crippen LogP contribution >= 0.6 is 0 Å². The fourth-order valence-electron chi connectivity index (χ4n) is 2.28. The van der Waals surface area contributed by atoms with Crippen molar-refractivity contribution in [3.05, 3.63) is 22.5 Å². The van der Waals surface area contributed by atoms with E-state index in [4.69, 9.17) is 9.47 Å². The average Bonchev–Trinajstić information content (AvgIpc) is 2.41. The zero-order valence-corrected chi connectivity index (χ0v) is 11.5. The van der Waals surface area contributed by atoms with Crippen LogP contribution in [0.3, 0.4) is 0 Å². The van der Waals surface area contributed by atoms with Crippen LogP contribution in [-0.4, -0.2) is 29.8 Å². The van der Waals surface area contributed by atoms with Gasteiger partial charge in [0.1, 0.15) is 5.75 Å². The van der Waals surface area contributed by atoms with Gasteiger partial charge in [-0.2, -0.15) is 0 Å². The monoisotopic (exact) mass is 265 g/mol. The Morgan fingerprint density at radius 2 is 2.21 bits per heavy atom. The second-order valence-corrected chi connectivity index (χ2v) is 4.96. The van der Waals surface area contributed by atoms with Crippen LogP contribution in [0.15, 0.2) is 0 Å². The lowest BCUT2D eigenvalue weighted by atomic mass is 9.95. The topological polar surface area (TPSA) is 68.7 Å². The maximum absolute atomic E-state index is 11.5. The fraction of sp³-hybridized carbons (Fsp3) is 0.571. The van der Waals surface area contributed by atoms with Crippen molar-refractivity contribution in [3.63, 3.8) is 0 Å². The summed E-state index contributed by atoms with van der Waals surface area (Å²) in [6, 6.07) is 0. The first-order valence-electron chi connectivity index (χ1n) is 6.42. The molecule has 1 aromatic heterocycles. The number of rotatable bonds is 3. The highest BCUT2D eigenvalue weighted by atomic mass is 16.5. The van der Waals surface area contributed by atoms with Gasteiger partial charge in [0.15, 0.2) is 0 Å². The van der Waals surface area contributed by atoms with E-state index in [0.29, 0.717) is 31.0 Å². The Morgan fingerprint density at radius 3 is 2.84 bits per heavy atom. The number of methoxy groups -OCH3 is 1. The van der Waals surface area contributed by atoms with Crippen LogP contribution in [0.2, 0.25) is 0 Å². The molecule has 1 aromatic rings. The van der Waals surface area contributed by atoms with E-state index in [1.165, 1.54) is 7.11 Å². The van der Waals surface area contributed by atoms with Gasteiger partial charge in [-0.15, -0.1) is 0 Å². The standard InChI is InChI=1S/C14H19NO4/c1-8(2)13-14(17)9-4-5-19-7-10(9)11(15-13)6-12(16)18-3/h8,17H,4-7H2,1-3H3. The number of esters is 1. The van der Waals surface area contributed by atoms with Crippen molar-refractivity contribution in [2.75, 3.05) is 13.7 Å². The van der Waals surface area contributed by atoms with Crippen LogP contribution in [0.4, 0.5) is 0 Å². The van der Waals surface area contributed by atoms with E-state index >= 15 is 0 Å². The molecular weight excluding hydrogens is 246 g/mol. The van der Waals surface area contributed by atoms with E-state index in [0.717, 1.165) is 11.1 Å². The molecule has 19 heavy (non-hydrogen) atoms. The van der Waals surface area contributed by atoms with Crippen molar-refractivity contribution in [1.29, 1.82) is 0 Å². The Bertz CT molecular complexity index is 497. The molecule has 1 aliphatic rings. The molecule has 0 aliphatic carbocycles. The van der Waals surface area contributed by atoms with Crippen LogP contribution in [0.1, 0.15) is 42.3 Å². The summed E-state index contributed by atoms with van der Waals surface area (Å²) in [5.41, 5.74) is 2.99. The number of fused-ring (bicyclic) bond motifs is 1. The van der Waals surface area contributed by atoms with Gasteiger partial charge in [0, 0.05) is 11.1 Å². The summed E-state index contributed by atoms with van der Waals surface area (Å²) < 4.78 is 10.1. The van der Waals surface area contributed by atoms with E-state index in [1.54, 1.807) is 0 Å². The fourth-order valence-corrected chi connectivity index (χ4v) is 2.28. The van der Waals surface area contributed by atoms with Gasteiger partial charge in [0.25, 0.3) is 0 Å². The molecule has 0 saturated carbocycles. The van der Waals surface area contributed by atoms with Gasteiger partial charge in [-0.3, -0.25) is 9.78 Å². The average molecular weight is 265 g/mol. The van der Waals surface area contributed by atoms with E-state index in [-0.39, 0.29) is 24.1 Å². The molecule has 104 valence electrons. The minimum atomic E-state index is -0.333. The molecule has 0 spiro atoms. The smallest absolute Gasteiger partial charge is 0.311 e. The van der Waals surface area contributed by atoms with E-state index in [9.17, 15) is 9.90 Å². The number of hydrogen-bond donors (Lipinski definition) is 1. The zero-order chi connectivity index (χ0) is 14.0. The number of nitrogens with zero attached hydrogens (tertiary/aromatic N) is 1. The van der Waals surface area contributed by atoms with Gasteiger partial charge in [-0.05, 0) is 12.3 Å². The van der Waals surface area contributed by atoms with Crippen molar-refractivity contribution >= 4 is 5.97 Å². The first kappa shape index (κ1) is 13.8. The van der Waals surface area contributed by atoms with Gasteiger partial charge < -0.3 is 14.6 Å². The molecule has 0 saturated heterocycles. The number of pyridine rings is 1. The highest BCUT2D eigenvalue weighted by Gasteiger charge is 2.24. The van der Waals surface area contributed by atoms with Crippen molar-refractivity contribution < 1.29 is 19.4 Å². The van der Waals surface area contributed by atoms with E-state index in [2.05, 4.69) is 4.98 Å². The molecule has 0 amide bonds. The maximum atomic E-state index is 11.5. The third-order valence-corrected chi connectivity index (χ3v) is 3.33. The van der Waals surface area contributed by atoms with Crippen LogP contribution < -0.4 is 0 Å². The van der Waals surface area contributed by atoms with Crippen LogP contribution in [-0.2, 0) is 33.7 Å². The number of ether oxygens (including phenoxy) is 2. The third-order valence-electron chi connectivity index (χ3n) is 3.33. The summed E-state index contributed by atoms with van der Waals surface area (Å²) in [5.74, 6) is 0.0205. The lowest BCUT2D eigenvalue weighted by Crippen LogP contribution is -2.18. The van der Waals surface area contributed by atoms with Gasteiger partial charge >= 0.3 is 5.97 Å². The molecular formula is C14H19NO4. The molecule has 1 aliphatic heterocycles. The van der Waals surface area contributed by atoms with Crippen LogP contribution in [0.25, 0.3) is 0 Å². The number of carbonyl (C=O) groups excluding carboxylic acids is 1. The van der Waals surface area contributed by atoms with Crippen LogP contribution in [0, 0.1) is 0 Å². The number of aromatic nitrogens is 1. The van der Waals surface area contributed by atoms with E-state index < -0.39 is 0 Å². The van der Waals surface area contributed by atoms with E-state index in [1.807, 2.05) is 13.8 Å². The molecule has 0 radical (unpaired) electrons. The summed E-state index contributed by atoms with van der Waals surface area (Å²) in [5, 5.41) is 10.3. The molecule has 0 atom stereocenters. The Hall–Kier alpha value is -1.62. The third kappa shape index (κ3) is 2.71. The molecule has 0 unspecified atom stereocenters. The predicted molar refractivity (Wildman–Crippen MR) is 69.1 cm³/mol. The largest absolute Gasteiger partial charge is 0.506 e. The van der Waals surface area contributed by atoms with Gasteiger partial charge in [-0.1, -0.05) is 13.8 Å². The number of aromatic hydroxyl groups is 1. The van der Waals surface area contributed by atoms with Gasteiger partial charge in [-0.25, -0.2) is 0 Å². The molecule has 2 rings (SSSR count). The first-order valence-corrected chi connectivity index (χ1v) is 6.42. The summed E-state index contributed by atoms with van der Waals surface area (Å²) in [6.07, 6.45) is 0.764. The normalized spacial score (nSPS) is 14.3. The number of carbonyl (C=O) groups is 1. The lowest BCUT2D eigenvalue weighted by Gasteiger charge is -2.23. The summed E-state index contributed by atoms with van der Waals surface area (Å²) in [4.78, 5) is 15.9. The van der Waals surface area contributed by atoms with Gasteiger partial charge in [0.05, 0.1) is 38.1 Å². The molecule has 5 nitrogen and oxygen atoms in total. The zero-order valence-electron chi connectivity index (χ0n) is 11.5. The SMILES string of the molecule is COC(=O)Cc1nc(C(C)C)c(O)c2c1COCC2. The molecule has 0 aromatic carbocycles. The first-order chi connectivity index (χ1) is 9.04. The Kier molecular flexibility index (Phi) is 4.04. The quantitative estimate of drug-likeness (QED) is 0.842. The summed E-state index contributed by atoms with van der Waals surface area (Å²) in [6.45, 7) is 4.91. The van der Waals surface area contributed by atoms with Crippen molar-refractivity contribution in [2.24, 2.45) is 0 Å². The second kappa shape index (κ2) is 5.57. The Balaban J connectivity index is 2.51. The molecule has 2 heterocycles. The van der Waals surface area contributed by atoms with Crippen molar-refractivity contribution in [2.45, 2.75) is 39.2 Å². The molecule has 1 N–H and O–H groups in total.